The molecule has 24 heavy (non-hydrogen) atoms. The van der Waals surface area contributed by atoms with Crippen LogP contribution >= 0.6 is 11.8 Å². The van der Waals surface area contributed by atoms with Crippen LogP contribution in [-0.2, 0) is 38.1 Å². The third kappa shape index (κ3) is 6.00. The van der Waals surface area contributed by atoms with E-state index in [9.17, 15) is 19.2 Å². The summed E-state index contributed by atoms with van der Waals surface area (Å²) in [4.78, 5) is 45.1. The van der Waals surface area contributed by atoms with Crippen LogP contribution in [-0.4, -0.2) is 59.4 Å². The summed E-state index contributed by atoms with van der Waals surface area (Å²) < 4.78 is 20.5. The Balaban J connectivity index is 3.08. The Bertz CT molecular complexity index is 495. The fourth-order valence-corrected chi connectivity index (χ4v) is 3.59. The molecule has 2 N–H and O–H groups in total. The van der Waals surface area contributed by atoms with Crippen LogP contribution < -0.4 is 5.73 Å². The average molecular weight is 363 g/mol. The minimum Gasteiger partial charge on any atom is -0.465 e. The number of thioether (sulfide) groups is 1. The molecule has 1 fully saturated rings. The van der Waals surface area contributed by atoms with E-state index in [2.05, 4.69) is 0 Å². The highest BCUT2D eigenvalue weighted by atomic mass is 32.2. The third-order valence-corrected chi connectivity index (χ3v) is 4.46. The van der Waals surface area contributed by atoms with Crippen LogP contribution in [0.4, 0.5) is 0 Å². The first kappa shape index (κ1) is 20.2. The van der Waals surface area contributed by atoms with E-state index in [0.717, 1.165) is 11.8 Å². The van der Waals surface area contributed by atoms with Gasteiger partial charge in [0.2, 0.25) is 0 Å². The molecule has 0 amide bonds. The van der Waals surface area contributed by atoms with Gasteiger partial charge in [0.1, 0.15) is 6.61 Å². The van der Waals surface area contributed by atoms with Gasteiger partial charge in [0, 0.05) is 27.7 Å². The maximum Gasteiger partial charge on any atom is 0.303 e. The smallest absolute Gasteiger partial charge is 0.303 e. The van der Waals surface area contributed by atoms with Gasteiger partial charge < -0.3 is 24.7 Å². The molecule has 0 aromatic rings. The molecule has 4 unspecified atom stereocenters. The molecule has 0 saturated carbocycles. The molecule has 136 valence electrons. The molecule has 0 aliphatic carbocycles. The number of ether oxygens (including phenoxy) is 4. The van der Waals surface area contributed by atoms with Gasteiger partial charge >= 0.3 is 23.9 Å². The summed E-state index contributed by atoms with van der Waals surface area (Å²) in [6.07, 6.45) is -1.99. The molecule has 0 radical (unpaired) electrons. The molecular weight excluding hydrogens is 342 g/mol. The number of nitrogens with two attached hydrogens (primary N) is 1. The van der Waals surface area contributed by atoms with Crippen LogP contribution in [0.5, 0.6) is 0 Å². The summed E-state index contributed by atoms with van der Waals surface area (Å²) in [5.41, 5.74) is 5.18. The van der Waals surface area contributed by atoms with Gasteiger partial charge in [-0.25, -0.2) is 0 Å². The molecule has 0 aromatic carbocycles. The first-order valence-corrected chi connectivity index (χ1v) is 8.12. The van der Waals surface area contributed by atoms with Crippen molar-refractivity contribution in [3.63, 3.8) is 0 Å². The quantitative estimate of drug-likeness (QED) is 0.515. The van der Waals surface area contributed by atoms with Crippen LogP contribution in [0, 0.1) is 0 Å². The SMILES string of the molecule is CC(=O)OCC1S[C@@H](OC(C)=O)C(N)C(OC(C)=O)C1OC(C)=O. The molecule has 0 aromatic heterocycles. The maximum absolute atomic E-state index is 11.4. The monoisotopic (exact) mass is 363 g/mol. The zero-order valence-electron chi connectivity index (χ0n) is 13.8. The van der Waals surface area contributed by atoms with Gasteiger partial charge in [-0.2, -0.15) is 0 Å². The average Bonchev–Trinajstić information content (AvgIpc) is 2.42. The predicted molar refractivity (Wildman–Crippen MR) is 82.6 cm³/mol. The van der Waals surface area contributed by atoms with Crippen molar-refractivity contribution in [3.8, 4) is 0 Å². The molecule has 1 aliphatic rings. The van der Waals surface area contributed by atoms with Crippen LogP contribution in [0.1, 0.15) is 27.7 Å². The normalized spacial score (nSPS) is 29.3. The molecule has 1 saturated heterocycles. The Morgan fingerprint density at radius 2 is 1.33 bits per heavy atom. The predicted octanol–water partition coefficient (Wildman–Crippen LogP) is -0.255. The molecule has 9 nitrogen and oxygen atoms in total. The van der Waals surface area contributed by atoms with Crippen molar-refractivity contribution in [1.82, 2.24) is 0 Å². The lowest BCUT2D eigenvalue weighted by molar-refractivity contribution is -0.173. The Morgan fingerprint density at radius 1 is 0.833 bits per heavy atom. The Labute approximate surface area is 143 Å². The van der Waals surface area contributed by atoms with Gasteiger partial charge in [-0.15, -0.1) is 11.8 Å². The zero-order chi connectivity index (χ0) is 18.4. The lowest BCUT2D eigenvalue weighted by Crippen LogP contribution is -2.61. The van der Waals surface area contributed by atoms with Crippen molar-refractivity contribution >= 4 is 35.6 Å². The second-order valence-electron chi connectivity index (χ2n) is 5.18. The first-order valence-electron chi connectivity index (χ1n) is 7.18. The van der Waals surface area contributed by atoms with Crippen molar-refractivity contribution < 1.29 is 38.1 Å². The number of carbonyl (C=O) groups excluding carboxylic acids is 4. The summed E-state index contributed by atoms with van der Waals surface area (Å²) in [5, 5.41) is -0.619. The minimum atomic E-state index is -1.04. The molecule has 0 spiro atoms. The molecule has 0 bridgehead atoms. The Hall–Kier alpha value is -1.81. The number of carbonyl (C=O) groups is 4. The summed E-state index contributed by atoms with van der Waals surface area (Å²) in [7, 11) is 0. The van der Waals surface area contributed by atoms with Crippen LogP contribution in [0.2, 0.25) is 0 Å². The number of rotatable bonds is 5. The van der Waals surface area contributed by atoms with E-state index in [-0.39, 0.29) is 6.61 Å². The topological polar surface area (TPSA) is 131 Å². The van der Waals surface area contributed by atoms with Gasteiger partial charge in [-0.3, -0.25) is 19.2 Å². The van der Waals surface area contributed by atoms with Crippen molar-refractivity contribution in [1.29, 1.82) is 0 Å². The van der Waals surface area contributed by atoms with Gasteiger partial charge in [-0.05, 0) is 0 Å². The lowest BCUT2D eigenvalue weighted by atomic mass is 10.0. The number of esters is 4. The van der Waals surface area contributed by atoms with Crippen molar-refractivity contribution in [2.45, 2.75) is 56.6 Å². The van der Waals surface area contributed by atoms with Gasteiger partial charge in [-0.1, -0.05) is 0 Å². The molecule has 5 atom stereocenters. The number of hydrogen-bond donors (Lipinski definition) is 1. The number of hydrogen-bond acceptors (Lipinski definition) is 10. The first-order chi connectivity index (χ1) is 11.1. The van der Waals surface area contributed by atoms with E-state index in [1.807, 2.05) is 0 Å². The molecule has 1 aliphatic heterocycles. The van der Waals surface area contributed by atoms with Crippen molar-refractivity contribution in [3.05, 3.63) is 0 Å². The van der Waals surface area contributed by atoms with Gasteiger partial charge in [0.25, 0.3) is 0 Å². The van der Waals surface area contributed by atoms with E-state index in [1.165, 1.54) is 27.7 Å². The standard InChI is InChI=1S/C14H21NO8S/c1-6(16)20-5-10-12(21-7(2)17)13(22-8(3)18)11(15)14(24-10)23-9(4)19/h10-14H,5,15H2,1-4H3/t10?,11?,12?,13?,14-/m1/s1. The molecule has 1 rings (SSSR count). The van der Waals surface area contributed by atoms with Crippen LogP contribution in [0.3, 0.4) is 0 Å². The fourth-order valence-electron chi connectivity index (χ4n) is 2.20. The summed E-state index contributed by atoms with van der Waals surface area (Å²) in [6, 6.07) is -0.916. The zero-order valence-corrected chi connectivity index (χ0v) is 14.7. The van der Waals surface area contributed by atoms with Gasteiger partial charge in [0.05, 0.1) is 11.3 Å². The van der Waals surface area contributed by atoms with Crippen LogP contribution in [0.25, 0.3) is 0 Å². The van der Waals surface area contributed by atoms with Crippen LogP contribution in [0.15, 0.2) is 0 Å². The second kappa shape index (κ2) is 8.88. The Kier molecular flexibility index (Phi) is 7.49. The highest BCUT2D eigenvalue weighted by molar-refractivity contribution is 8.00. The van der Waals surface area contributed by atoms with E-state index >= 15 is 0 Å². The van der Waals surface area contributed by atoms with Crippen molar-refractivity contribution in [2.24, 2.45) is 5.73 Å². The third-order valence-electron chi connectivity index (χ3n) is 3.03. The molecular formula is C14H21NO8S. The maximum atomic E-state index is 11.4. The molecule has 10 heteroatoms. The molecule has 1 heterocycles. The van der Waals surface area contributed by atoms with Gasteiger partial charge in [0.15, 0.2) is 17.6 Å². The minimum absolute atomic E-state index is 0.125. The lowest BCUT2D eigenvalue weighted by Gasteiger charge is -2.42. The fraction of sp³-hybridized carbons (Fsp3) is 0.714. The van der Waals surface area contributed by atoms with E-state index in [0.29, 0.717) is 0 Å². The largest absolute Gasteiger partial charge is 0.465 e. The summed E-state index contributed by atoms with van der Waals surface area (Å²) in [6.45, 7) is 4.70. The Morgan fingerprint density at radius 3 is 1.79 bits per heavy atom. The highest BCUT2D eigenvalue weighted by Crippen LogP contribution is 2.36. The highest BCUT2D eigenvalue weighted by Gasteiger charge is 2.49. The van der Waals surface area contributed by atoms with E-state index in [1.54, 1.807) is 0 Å². The van der Waals surface area contributed by atoms with Crippen molar-refractivity contribution in [2.75, 3.05) is 6.61 Å². The van der Waals surface area contributed by atoms with E-state index in [4.69, 9.17) is 24.7 Å². The van der Waals surface area contributed by atoms with E-state index < -0.39 is 52.8 Å². The summed E-state index contributed by atoms with van der Waals surface area (Å²) >= 11 is 1.08. The second-order valence-corrected chi connectivity index (χ2v) is 6.52. The summed E-state index contributed by atoms with van der Waals surface area (Å²) in [5.74, 6) is -2.34.